The molecular formula is C29H26FN5O4. The van der Waals surface area contributed by atoms with E-state index in [1.54, 1.807) is 6.07 Å². The van der Waals surface area contributed by atoms with Crippen LogP contribution in [0, 0.1) is 12.7 Å². The quantitative estimate of drug-likeness (QED) is 0.370. The third-order valence-electron chi connectivity index (χ3n) is 7.48. The van der Waals surface area contributed by atoms with Gasteiger partial charge in [0.1, 0.15) is 17.1 Å². The lowest BCUT2D eigenvalue weighted by Crippen LogP contribution is -2.30. The van der Waals surface area contributed by atoms with Gasteiger partial charge in [-0.15, -0.1) is 0 Å². The Balaban J connectivity index is 1.25. The highest BCUT2D eigenvalue weighted by molar-refractivity contribution is 5.99. The third-order valence-corrected chi connectivity index (χ3v) is 7.48. The van der Waals surface area contributed by atoms with Crippen LogP contribution in [0.4, 0.5) is 4.39 Å². The molecule has 2 aromatic carbocycles. The van der Waals surface area contributed by atoms with Gasteiger partial charge in [0.25, 0.3) is 11.8 Å². The molecule has 0 saturated heterocycles. The van der Waals surface area contributed by atoms with Gasteiger partial charge < -0.3 is 15.4 Å². The van der Waals surface area contributed by atoms with E-state index >= 15 is 0 Å². The van der Waals surface area contributed by atoms with Crippen molar-refractivity contribution < 1.29 is 23.5 Å². The average molecular weight is 528 g/mol. The number of carbonyl (C=O) groups is 3. The Morgan fingerprint density at radius 3 is 2.79 bits per heavy atom. The Bertz CT molecular complexity index is 1680. The number of hydrogen-bond donors (Lipinski definition) is 2. The van der Waals surface area contributed by atoms with Crippen LogP contribution in [-0.4, -0.2) is 38.8 Å². The van der Waals surface area contributed by atoms with Gasteiger partial charge in [0.15, 0.2) is 17.2 Å². The Hall–Kier alpha value is -4.60. The molecule has 0 unspecified atom stereocenters. The van der Waals surface area contributed by atoms with E-state index in [4.69, 9.17) is 4.74 Å². The van der Waals surface area contributed by atoms with Gasteiger partial charge in [-0.05, 0) is 60.6 Å². The SMILES string of the molecule is CC(=O)c1ccc2c(c1C)CC[C@@H]2NC(=O)c1cc(C(=O)NCc2ccc3c(c2)CCO3)nc2c(F)cnn12. The van der Waals surface area contributed by atoms with Crippen molar-refractivity contribution in [3.05, 3.63) is 93.2 Å². The fourth-order valence-electron chi connectivity index (χ4n) is 5.48. The molecule has 10 heteroatoms. The number of aromatic nitrogens is 3. The molecule has 0 saturated carbocycles. The van der Waals surface area contributed by atoms with Crippen LogP contribution in [0.3, 0.4) is 0 Å². The fraction of sp³-hybridized carbons (Fsp3) is 0.276. The number of nitrogens with zero attached hydrogens (tertiary/aromatic N) is 3. The monoisotopic (exact) mass is 527 g/mol. The zero-order valence-electron chi connectivity index (χ0n) is 21.5. The zero-order valence-corrected chi connectivity index (χ0v) is 21.5. The van der Waals surface area contributed by atoms with Crippen molar-refractivity contribution in [1.29, 1.82) is 0 Å². The molecular weight excluding hydrogens is 501 g/mol. The number of carbonyl (C=O) groups excluding carboxylic acids is 3. The molecule has 2 aromatic heterocycles. The molecule has 0 fully saturated rings. The van der Waals surface area contributed by atoms with Gasteiger partial charge in [0.2, 0.25) is 0 Å². The highest BCUT2D eigenvalue weighted by atomic mass is 19.1. The van der Waals surface area contributed by atoms with Crippen LogP contribution >= 0.6 is 0 Å². The summed E-state index contributed by atoms with van der Waals surface area (Å²) in [6, 6.07) is 10.4. The summed E-state index contributed by atoms with van der Waals surface area (Å²) in [5, 5.41) is 9.77. The lowest BCUT2D eigenvalue weighted by Gasteiger charge is -2.16. The van der Waals surface area contributed by atoms with Crippen molar-refractivity contribution in [1.82, 2.24) is 25.2 Å². The van der Waals surface area contributed by atoms with E-state index in [-0.39, 0.29) is 35.4 Å². The second-order valence-corrected chi connectivity index (χ2v) is 9.90. The molecule has 4 aromatic rings. The van der Waals surface area contributed by atoms with Gasteiger partial charge in [0, 0.05) is 24.6 Å². The summed E-state index contributed by atoms with van der Waals surface area (Å²) in [4.78, 5) is 42.5. The second kappa shape index (κ2) is 9.61. The molecule has 0 radical (unpaired) electrons. The van der Waals surface area contributed by atoms with E-state index in [1.807, 2.05) is 31.2 Å². The molecule has 39 heavy (non-hydrogen) atoms. The molecule has 0 spiro atoms. The number of halogens is 1. The topological polar surface area (TPSA) is 115 Å². The fourth-order valence-corrected chi connectivity index (χ4v) is 5.48. The lowest BCUT2D eigenvalue weighted by atomic mass is 9.96. The first-order valence-electron chi connectivity index (χ1n) is 12.8. The molecule has 2 amide bonds. The van der Waals surface area contributed by atoms with Gasteiger partial charge in [0.05, 0.1) is 18.8 Å². The summed E-state index contributed by atoms with van der Waals surface area (Å²) < 4.78 is 21.1. The maximum absolute atomic E-state index is 14.5. The number of fused-ring (bicyclic) bond motifs is 3. The molecule has 198 valence electrons. The van der Waals surface area contributed by atoms with Gasteiger partial charge in [-0.1, -0.05) is 24.3 Å². The van der Waals surface area contributed by atoms with Crippen molar-refractivity contribution in [2.24, 2.45) is 0 Å². The van der Waals surface area contributed by atoms with E-state index < -0.39 is 17.6 Å². The van der Waals surface area contributed by atoms with E-state index in [1.165, 1.54) is 13.0 Å². The summed E-state index contributed by atoms with van der Waals surface area (Å²) in [6.07, 6.45) is 3.16. The van der Waals surface area contributed by atoms with Crippen molar-refractivity contribution in [2.45, 2.75) is 45.7 Å². The summed E-state index contributed by atoms with van der Waals surface area (Å²) in [5.41, 5.74) is 5.26. The number of nitrogens with one attached hydrogen (secondary N) is 2. The van der Waals surface area contributed by atoms with E-state index in [0.29, 0.717) is 18.6 Å². The van der Waals surface area contributed by atoms with Crippen LogP contribution in [0.15, 0.2) is 42.6 Å². The summed E-state index contributed by atoms with van der Waals surface area (Å²) in [6.45, 7) is 4.33. The Morgan fingerprint density at radius 1 is 1.13 bits per heavy atom. The average Bonchev–Trinajstić information content (AvgIpc) is 3.65. The van der Waals surface area contributed by atoms with Crippen LogP contribution in [0.25, 0.3) is 5.65 Å². The number of rotatable bonds is 6. The van der Waals surface area contributed by atoms with Gasteiger partial charge in [-0.25, -0.2) is 13.9 Å². The lowest BCUT2D eigenvalue weighted by molar-refractivity contribution is 0.0927. The molecule has 2 aliphatic rings. The van der Waals surface area contributed by atoms with Crippen LogP contribution in [-0.2, 0) is 19.4 Å². The predicted octanol–water partition coefficient (Wildman–Crippen LogP) is 3.66. The smallest absolute Gasteiger partial charge is 0.270 e. The van der Waals surface area contributed by atoms with Gasteiger partial charge >= 0.3 is 0 Å². The highest BCUT2D eigenvalue weighted by Crippen LogP contribution is 2.35. The molecule has 3 heterocycles. The molecule has 6 rings (SSSR count). The number of benzene rings is 2. The van der Waals surface area contributed by atoms with E-state index in [0.717, 1.165) is 57.1 Å². The van der Waals surface area contributed by atoms with Gasteiger partial charge in [-0.3, -0.25) is 14.4 Å². The normalized spacial score (nSPS) is 15.5. The minimum Gasteiger partial charge on any atom is -0.493 e. The Morgan fingerprint density at radius 2 is 1.97 bits per heavy atom. The highest BCUT2D eigenvalue weighted by Gasteiger charge is 2.29. The first-order valence-corrected chi connectivity index (χ1v) is 12.8. The summed E-state index contributed by atoms with van der Waals surface area (Å²) in [5.74, 6) is -0.940. The minimum absolute atomic E-state index is 0.00123. The van der Waals surface area contributed by atoms with E-state index in [9.17, 15) is 18.8 Å². The van der Waals surface area contributed by atoms with Crippen molar-refractivity contribution in [2.75, 3.05) is 6.61 Å². The largest absolute Gasteiger partial charge is 0.493 e. The summed E-state index contributed by atoms with van der Waals surface area (Å²) in [7, 11) is 0. The van der Waals surface area contributed by atoms with E-state index in [2.05, 4.69) is 20.7 Å². The van der Waals surface area contributed by atoms with Crippen LogP contribution < -0.4 is 15.4 Å². The van der Waals surface area contributed by atoms with Crippen LogP contribution in [0.1, 0.15) is 78.5 Å². The first kappa shape index (κ1) is 24.7. The third kappa shape index (κ3) is 4.41. The predicted molar refractivity (Wildman–Crippen MR) is 139 cm³/mol. The van der Waals surface area contributed by atoms with Crippen molar-refractivity contribution >= 4 is 23.2 Å². The number of ketones is 1. The minimum atomic E-state index is -0.740. The van der Waals surface area contributed by atoms with Gasteiger partial charge in [-0.2, -0.15) is 5.10 Å². The molecule has 1 aliphatic carbocycles. The zero-order chi connectivity index (χ0) is 27.3. The first-order chi connectivity index (χ1) is 18.8. The molecule has 2 N–H and O–H groups in total. The number of amides is 2. The van der Waals surface area contributed by atoms with Crippen molar-refractivity contribution in [3.63, 3.8) is 0 Å². The standard InChI is InChI=1S/C29H26FN5O4/c1-15-19(16(2)36)4-5-21-20(15)6-7-23(21)34-29(38)25-12-24(33-27-22(30)14-32-35(25)27)28(37)31-13-17-3-8-26-18(11-17)9-10-39-26/h3-5,8,11-12,14,23H,6-7,9-10,13H2,1-2H3,(H,31,37)(H,34,38)/t23-/m0/s1. The molecule has 1 aliphatic heterocycles. The Kier molecular flexibility index (Phi) is 6.09. The van der Waals surface area contributed by atoms with Crippen molar-refractivity contribution in [3.8, 4) is 5.75 Å². The maximum atomic E-state index is 14.5. The summed E-state index contributed by atoms with van der Waals surface area (Å²) >= 11 is 0. The maximum Gasteiger partial charge on any atom is 0.270 e. The number of ether oxygens (including phenoxy) is 1. The molecule has 9 nitrogen and oxygen atoms in total. The second-order valence-electron chi connectivity index (χ2n) is 9.90. The number of hydrogen-bond acceptors (Lipinski definition) is 6. The number of Topliss-reactive ketones (excluding diaryl/α,β-unsaturated/α-hetero) is 1. The molecule has 0 bridgehead atoms. The van der Waals surface area contributed by atoms with Crippen LogP contribution in [0.2, 0.25) is 0 Å². The van der Waals surface area contributed by atoms with Crippen LogP contribution in [0.5, 0.6) is 5.75 Å². The molecule has 1 atom stereocenters. The Labute approximate surface area is 223 Å².